The minimum atomic E-state index is -0.305. The number of rotatable bonds is 4. The standard InChI is InChI=1S/C19H19Cl2FN2O/c20-14-6-8-15(9-7-14)23-19(25)13-3-2-10-24(11-13)12-16-17(21)4-1-5-18(16)22/h1,4-9,13H,2-3,10-12H2,(H,23,25). The Bertz CT molecular complexity index is 731. The van der Waals surface area contributed by atoms with E-state index in [-0.39, 0.29) is 17.6 Å². The topological polar surface area (TPSA) is 32.3 Å². The molecule has 1 fully saturated rings. The quantitative estimate of drug-likeness (QED) is 0.810. The Morgan fingerprint density at radius 2 is 1.96 bits per heavy atom. The van der Waals surface area contributed by atoms with Crippen molar-refractivity contribution in [2.75, 3.05) is 18.4 Å². The van der Waals surface area contributed by atoms with Crippen LogP contribution in [0.25, 0.3) is 0 Å². The largest absolute Gasteiger partial charge is 0.326 e. The fraction of sp³-hybridized carbons (Fsp3) is 0.316. The van der Waals surface area contributed by atoms with Gasteiger partial charge in [-0.2, -0.15) is 0 Å². The van der Waals surface area contributed by atoms with E-state index in [0.717, 1.165) is 25.1 Å². The number of anilines is 1. The predicted molar refractivity (Wildman–Crippen MR) is 99.5 cm³/mol. The number of nitrogens with one attached hydrogen (secondary N) is 1. The Morgan fingerprint density at radius 1 is 1.20 bits per heavy atom. The molecule has 2 aromatic rings. The molecule has 1 aliphatic rings. The number of benzene rings is 2. The van der Waals surface area contributed by atoms with Gasteiger partial charge in [0, 0.05) is 34.4 Å². The molecule has 2 aromatic carbocycles. The zero-order valence-electron chi connectivity index (χ0n) is 13.6. The van der Waals surface area contributed by atoms with E-state index in [1.165, 1.54) is 6.07 Å². The van der Waals surface area contributed by atoms with Gasteiger partial charge < -0.3 is 5.32 Å². The lowest BCUT2D eigenvalue weighted by molar-refractivity contribution is -0.121. The fourth-order valence-corrected chi connectivity index (χ4v) is 3.45. The van der Waals surface area contributed by atoms with Crippen molar-refractivity contribution in [3.05, 3.63) is 63.9 Å². The van der Waals surface area contributed by atoms with Gasteiger partial charge >= 0.3 is 0 Å². The van der Waals surface area contributed by atoms with Gasteiger partial charge in [-0.25, -0.2) is 4.39 Å². The zero-order valence-corrected chi connectivity index (χ0v) is 15.2. The molecule has 1 saturated heterocycles. The first-order chi connectivity index (χ1) is 12.0. The number of hydrogen-bond donors (Lipinski definition) is 1. The molecular weight excluding hydrogens is 362 g/mol. The lowest BCUT2D eigenvalue weighted by Crippen LogP contribution is -2.40. The normalized spacial score (nSPS) is 18.1. The summed E-state index contributed by atoms with van der Waals surface area (Å²) in [5, 5.41) is 3.97. The molecule has 0 spiro atoms. The lowest BCUT2D eigenvalue weighted by Gasteiger charge is -2.32. The highest BCUT2D eigenvalue weighted by molar-refractivity contribution is 6.31. The number of likely N-dealkylation sites (tertiary alicyclic amines) is 1. The van der Waals surface area contributed by atoms with Gasteiger partial charge in [0.1, 0.15) is 5.82 Å². The van der Waals surface area contributed by atoms with Crippen LogP contribution in [-0.4, -0.2) is 23.9 Å². The third kappa shape index (κ3) is 4.72. The summed E-state index contributed by atoms with van der Waals surface area (Å²) in [6.45, 7) is 1.83. The van der Waals surface area contributed by atoms with Crippen LogP contribution < -0.4 is 5.32 Å². The van der Waals surface area contributed by atoms with Crippen molar-refractivity contribution in [2.45, 2.75) is 19.4 Å². The van der Waals surface area contributed by atoms with Gasteiger partial charge in [-0.1, -0.05) is 29.3 Å². The smallest absolute Gasteiger partial charge is 0.228 e. The van der Waals surface area contributed by atoms with Crippen molar-refractivity contribution in [1.29, 1.82) is 0 Å². The van der Waals surface area contributed by atoms with Crippen molar-refractivity contribution in [2.24, 2.45) is 5.92 Å². The molecule has 1 unspecified atom stereocenters. The average molecular weight is 381 g/mol. The van der Waals surface area contributed by atoms with Crippen molar-refractivity contribution in [3.8, 4) is 0 Å². The van der Waals surface area contributed by atoms with Gasteiger partial charge in [0.15, 0.2) is 0 Å². The number of halogens is 3. The second-order valence-corrected chi connectivity index (χ2v) is 7.11. The van der Waals surface area contributed by atoms with E-state index >= 15 is 0 Å². The summed E-state index contributed by atoms with van der Waals surface area (Å²) in [4.78, 5) is 14.6. The summed E-state index contributed by atoms with van der Waals surface area (Å²) in [5.74, 6) is -0.457. The summed E-state index contributed by atoms with van der Waals surface area (Å²) in [7, 11) is 0. The Hall–Kier alpha value is -1.62. The van der Waals surface area contributed by atoms with Crippen LogP contribution in [0.15, 0.2) is 42.5 Å². The molecule has 0 aliphatic carbocycles. The summed E-state index contributed by atoms with van der Waals surface area (Å²) in [6, 6.07) is 11.7. The number of hydrogen-bond acceptors (Lipinski definition) is 2. The number of carbonyl (C=O) groups is 1. The van der Waals surface area contributed by atoms with Gasteiger partial charge in [0.25, 0.3) is 0 Å². The summed E-state index contributed by atoms with van der Waals surface area (Å²) in [5.41, 5.74) is 1.21. The Balaban J connectivity index is 1.62. The van der Waals surface area contributed by atoms with Crippen LogP contribution in [-0.2, 0) is 11.3 Å². The van der Waals surface area contributed by atoms with Gasteiger partial charge in [-0.15, -0.1) is 0 Å². The van der Waals surface area contributed by atoms with Crippen molar-refractivity contribution >= 4 is 34.8 Å². The van der Waals surface area contributed by atoms with Crippen molar-refractivity contribution in [3.63, 3.8) is 0 Å². The average Bonchev–Trinajstić information content (AvgIpc) is 2.60. The molecule has 3 rings (SSSR count). The second kappa shape index (κ2) is 8.17. The SMILES string of the molecule is O=C(Nc1ccc(Cl)cc1)C1CCCN(Cc2c(F)cccc2Cl)C1. The third-order valence-corrected chi connectivity index (χ3v) is 5.04. The summed E-state index contributed by atoms with van der Waals surface area (Å²) >= 11 is 12.0. The maximum absolute atomic E-state index is 14.0. The van der Waals surface area contributed by atoms with Crippen LogP contribution in [0.5, 0.6) is 0 Å². The van der Waals surface area contributed by atoms with Crippen LogP contribution in [0.2, 0.25) is 10.0 Å². The van der Waals surface area contributed by atoms with E-state index in [9.17, 15) is 9.18 Å². The van der Waals surface area contributed by atoms with Crippen LogP contribution in [0.4, 0.5) is 10.1 Å². The molecule has 1 heterocycles. The molecule has 1 amide bonds. The molecule has 6 heteroatoms. The zero-order chi connectivity index (χ0) is 17.8. The Kier molecular flexibility index (Phi) is 5.94. The number of carbonyl (C=O) groups excluding carboxylic acids is 1. The van der Waals surface area contributed by atoms with Gasteiger partial charge in [0.05, 0.1) is 5.92 Å². The third-order valence-electron chi connectivity index (χ3n) is 4.43. The van der Waals surface area contributed by atoms with Gasteiger partial charge in [0.2, 0.25) is 5.91 Å². The molecular formula is C19H19Cl2FN2O. The molecule has 1 aliphatic heterocycles. The van der Waals surface area contributed by atoms with Crippen molar-refractivity contribution in [1.82, 2.24) is 4.90 Å². The molecule has 0 saturated carbocycles. The first kappa shape index (κ1) is 18.2. The molecule has 0 bridgehead atoms. The highest BCUT2D eigenvalue weighted by atomic mass is 35.5. The number of amides is 1. The molecule has 1 atom stereocenters. The van der Waals surface area contributed by atoms with Crippen LogP contribution in [0.3, 0.4) is 0 Å². The van der Waals surface area contributed by atoms with E-state index in [0.29, 0.717) is 28.7 Å². The van der Waals surface area contributed by atoms with Crippen LogP contribution >= 0.6 is 23.2 Å². The fourth-order valence-electron chi connectivity index (χ4n) is 3.10. The van der Waals surface area contributed by atoms with Crippen LogP contribution in [0.1, 0.15) is 18.4 Å². The number of nitrogens with zero attached hydrogens (tertiary/aromatic N) is 1. The molecule has 0 radical (unpaired) electrons. The highest BCUT2D eigenvalue weighted by Crippen LogP contribution is 2.25. The maximum atomic E-state index is 14.0. The molecule has 1 N–H and O–H groups in total. The summed E-state index contributed by atoms with van der Waals surface area (Å²) < 4.78 is 14.0. The Labute approximate surface area is 156 Å². The minimum Gasteiger partial charge on any atom is -0.326 e. The number of piperidine rings is 1. The Morgan fingerprint density at radius 3 is 2.68 bits per heavy atom. The van der Waals surface area contributed by atoms with E-state index < -0.39 is 0 Å². The molecule has 25 heavy (non-hydrogen) atoms. The second-order valence-electron chi connectivity index (χ2n) is 6.27. The van der Waals surface area contributed by atoms with E-state index in [1.54, 1.807) is 36.4 Å². The monoisotopic (exact) mass is 380 g/mol. The van der Waals surface area contributed by atoms with E-state index in [4.69, 9.17) is 23.2 Å². The summed E-state index contributed by atoms with van der Waals surface area (Å²) in [6.07, 6.45) is 1.71. The lowest BCUT2D eigenvalue weighted by atomic mass is 9.96. The first-order valence-electron chi connectivity index (χ1n) is 8.24. The highest BCUT2D eigenvalue weighted by Gasteiger charge is 2.26. The van der Waals surface area contributed by atoms with Gasteiger partial charge in [-0.05, 0) is 55.8 Å². The maximum Gasteiger partial charge on any atom is 0.228 e. The molecule has 3 nitrogen and oxygen atoms in total. The molecule has 0 aromatic heterocycles. The first-order valence-corrected chi connectivity index (χ1v) is 9.00. The predicted octanol–water partition coefficient (Wildman–Crippen LogP) is 4.98. The van der Waals surface area contributed by atoms with Crippen molar-refractivity contribution < 1.29 is 9.18 Å². The van der Waals surface area contributed by atoms with E-state index in [1.807, 2.05) is 0 Å². The minimum absolute atomic E-state index is 0.0216. The van der Waals surface area contributed by atoms with Gasteiger partial charge in [-0.3, -0.25) is 9.69 Å². The molecule has 132 valence electrons. The van der Waals surface area contributed by atoms with E-state index in [2.05, 4.69) is 10.2 Å². The van der Waals surface area contributed by atoms with Crippen LogP contribution in [0, 0.1) is 11.7 Å².